The van der Waals surface area contributed by atoms with Crippen molar-refractivity contribution in [3.8, 4) is 17.2 Å². The lowest BCUT2D eigenvalue weighted by Gasteiger charge is -2.10. The predicted octanol–water partition coefficient (Wildman–Crippen LogP) is 4.25. The van der Waals surface area contributed by atoms with E-state index in [1.54, 1.807) is 38.3 Å². The van der Waals surface area contributed by atoms with Crippen LogP contribution in [0.5, 0.6) is 17.2 Å². The number of hydrogen-bond donors (Lipinski definition) is 0. The Morgan fingerprint density at radius 3 is 2.25 bits per heavy atom. The van der Waals surface area contributed by atoms with Gasteiger partial charge in [-0.25, -0.2) is 0 Å². The van der Waals surface area contributed by atoms with Crippen molar-refractivity contribution in [1.82, 2.24) is 0 Å². The fraction of sp³-hybridized carbons (Fsp3) is 0.235. The van der Waals surface area contributed by atoms with E-state index in [0.29, 0.717) is 11.3 Å². The second kappa shape index (κ2) is 6.24. The summed E-state index contributed by atoms with van der Waals surface area (Å²) in [5.41, 5.74) is 1.78. The van der Waals surface area contributed by atoms with Gasteiger partial charge in [-0.2, -0.15) is 0 Å². The number of methoxy groups -OCH3 is 1. The van der Waals surface area contributed by atoms with E-state index >= 15 is 0 Å². The Bertz CT molecular complexity index is 600. The molecule has 2 aromatic carbocycles. The molecule has 0 unspecified atom stereocenters. The molecule has 0 saturated heterocycles. The zero-order chi connectivity index (χ0) is 14.5. The van der Waals surface area contributed by atoms with Crippen LogP contribution in [0.3, 0.4) is 0 Å². The molecule has 20 heavy (non-hydrogen) atoms. The van der Waals surface area contributed by atoms with Crippen molar-refractivity contribution < 1.29 is 14.3 Å². The molecule has 0 aliphatic carbocycles. The summed E-state index contributed by atoms with van der Waals surface area (Å²) in [7, 11) is 1.66. The molecule has 104 valence electrons. The maximum atomic E-state index is 11.2. The van der Waals surface area contributed by atoms with E-state index in [9.17, 15) is 4.79 Å². The van der Waals surface area contributed by atoms with Gasteiger partial charge in [0.15, 0.2) is 5.78 Å². The minimum absolute atomic E-state index is 0.0502. The molecular weight excluding hydrogens is 252 g/mol. The Hall–Kier alpha value is -2.29. The van der Waals surface area contributed by atoms with E-state index in [1.807, 2.05) is 18.2 Å². The minimum atomic E-state index is 0.0502. The molecular formula is C17H18O3. The van der Waals surface area contributed by atoms with Crippen LogP contribution in [0.1, 0.15) is 29.8 Å². The third kappa shape index (κ3) is 3.18. The number of hydrogen-bond acceptors (Lipinski definition) is 3. The van der Waals surface area contributed by atoms with Crippen LogP contribution in [-0.2, 0) is 6.42 Å². The molecule has 2 aromatic rings. The Morgan fingerprint density at radius 1 is 1.05 bits per heavy atom. The molecule has 0 N–H and O–H groups in total. The van der Waals surface area contributed by atoms with Crippen LogP contribution in [0.15, 0.2) is 42.5 Å². The molecule has 3 heteroatoms. The lowest BCUT2D eigenvalue weighted by atomic mass is 10.1. The third-order valence-corrected chi connectivity index (χ3v) is 3.13. The number of ether oxygens (including phenoxy) is 2. The average Bonchev–Trinajstić information content (AvgIpc) is 2.47. The topological polar surface area (TPSA) is 35.5 Å². The minimum Gasteiger partial charge on any atom is -0.496 e. The molecule has 0 bridgehead atoms. The van der Waals surface area contributed by atoms with Gasteiger partial charge in [-0.3, -0.25) is 4.79 Å². The summed E-state index contributed by atoms with van der Waals surface area (Å²) in [6.45, 7) is 3.62. The van der Waals surface area contributed by atoms with E-state index in [0.717, 1.165) is 23.5 Å². The van der Waals surface area contributed by atoms with Gasteiger partial charge in [-0.15, -0.1) is 0 Å². The summed E-state index contributed by atoms with van der Waals surface area (Å²) < 4.78 is 11.1. The highest BCUT2D eigenvalue weighted by Crippen LogP contribution is 2.28. The van der Waals surface area contributed by atoms with Crippen molar-refractivity contribution in [1.29, 1.82) is 0 Å². The number of Topliss-reactive ketones (excluding diaryl/α,β-unsaturated/α-hetero) is 1. The van der Waals surface area contributed by atoms with Gasteiger partial charge in [0.05, 0.1) is 7.11 Å². The van der Waals surface area contributed by atoms with E-state index < -0.39 is 0 Å². The lowest BCUT2D eigenvalue weighted by molar-refractivity contribution is 0.101. The monoisotopic (exact) mass is 270 g/mol. The molecule has 0 fully saturated rings. The molecule has 0 atom stereocenters. The fourth-order valence-corrected chi connectivity index (χ4v) is 1.99. The first-order chi connectivity index (χ1) is 9.63. The lowest BCUT2D eigenvalue weighted by Crippen LogP contribution is -1.93. The zero-order valence-corrected chi connectivity index (χ0v) is 12.0. The van der Waals surface area contributed by atoms with Crippen LogP contribution in [-0.4, -0.2) is 12.9 Å². The first-order valence-corrected chi connectivity index (χ1v) is 6.59. The SMILES string of the molecule is CCc1cc(Oc2ccc(C(C)=O)cc2)ccc1OC. The van der Waals surface area contributed by atoms with Gasteiger partial charge in [-0.05, 0) is 61.4 Å². The smallest absolute Gasteiger partial charge is 0.159 e. The maximum absolute atomic E-state index is 11.2. The van der Waals surface area contributed by atoms with E-state index in [-0.39, 0.29) is 5.78 Å². The average molecular weight is 270 g/mol. The summed E-state index contributed by atoms with van der Waals surface area (Å²) in [5.74, 6) is 2.39. The Morgan fingerprint density at radius 2 is 1.70 bits per heavy atom. The quantitative estimate of drug-likeness (QED) is 0.762. The Balaban J connectivity index is 2.19. The molecule has 0 saturated carbocycles. The zero-order valence-electron chi connectivity index (χ0n) is 12.0. The van der Waals surface area contributed by atoms with Crippen molar-refractivity contribution in [2.45, 2.75) is 20.3 Å². The first-order valence-electron chi connectivity index (χ1n) is 6.59. The van der Waals surface area contributed by atoms with Crippen molar-refractivity contribution in [2.24, 2.45) is 0 Å². The van der Waals surface area contributed by atoms with Crippen LogP contribution < -0.4 is 9.47 Å². The highest BCUT2D eigenvalue weighted by Gasteiger charge is 2.05. The summed E-state index contributed by atoms with van der Waals surface area (Å²) >= 11 is 0. The molecule has 0 spiro atoms. The van der Waals surface area contributed by atoms with Gasteiger partial charge in [0.25, 0.3) is 0 Å². The summed E-state index contributed by atoms with van der Waals surface area (Å²) in [4.78, 5) is 11.2. The van der Waals surface area contributed by atoms with Gasteiger partial charge in [0.2, 0.25) is 0 Å². The van der Waals surface area contributed by atoms with Crippen LogP contribution in [0.2, 0.25) is 0 Å². The van der Waals surface area contributed by atoms with E-state index in [2.05, 4.69) is 6.92 Å². The second-order valence-corrected chi connectivity index (χ2v) is 4.51. The van der Waals surface area contributed by atoms with E-state index in [1.165, 1.54) is 0 Å². The second-order valence-electron chi connectivity index (χ2n) is 4.51. The van der Waals surface area contributed by atoms with Gasteiger partial charge in [0, 0.05) is 5.56 Å². The van der Waals surface area contributed by atoms with Crippen molar-refractivity contribution in [3.05, 3.63) is 53.6 Å². The molecule has 0 heterocycles. The molecule has 0 amide bonds. The predicted molar refractivity (Wildman–Crippen MR) is 78.9 cm³/mol. The number of rotatable bonds is 5. The van der Waals surface area contributed by atoms with Crippen LogP contribution in [0.25, 0.3) is 0 Å². The van der Waals surface area contributed by atoms with Crippen LogP contribution in [0.4, 0.5) is 0 Å². The number of aryl methyl sites for hydroxylation is 1. The van der Waals surface area contributed by atoms with Gasteiger partial charge < -0.3 is 9.47 Å². The molecule has 0 aliphatic rings. The number of carbonyl (C=O) groups excluding carboxylic acids is 1. The van der Waals surface area contributed by atoms with Crippen LogP contribution >= 0.6 is 0 Å². The number of ketones is 1. The molecule has 0 radical (unpaired) electrons. The largest absolute Gasteiger partial charge is 0.496 e. The van der Waals surface area contributed by atoms with Crippen molar-refractivity contribution >= 4 is 5.78 Å². The number of carbonyl (C=O) groups is 1. The molecule has 0 aliphatic heterocycles. The normalized spacial score (nSPS) is 10.2. The summed E-state index contributed by atoms with van der Waals surface area (Å²) in [6, 6.07) is 12.9. The molecule has 3 nitrogen and oxygen atoms in total. The highest BCUT2D eigenvalue weighted by atomic mass is 16.5. The Kier molecular flexibility index (Phi) is 4.41. The molecule has 0 aromatic heterocycles. The summed E-state index contributed by atoms with van der Waals surface area (Å²) in [6.07, 6.45) is 0.879. The van der Waals surface area contributed by atoms with Crippen molar-refractivity contribution in [2.75, 3.05) is 7.11 Å². The maximum Gasteiger partial charge on any atom is 0.159 e. The standard InChI is InChI=1S/C17H18O3/c1-4-13-11-16(9-10-17(13)19-3)20-15-7-5-14(6-8-15)12(2)18/h5-11H,4H2,1-3H3. The van der Waals surface area contributed by atoms with E-state index in [4.69, 9.17) is 9.47 Å². The van der Waals surface area contributed by atoms with Crippen molar-refractivity contribution in [3.63, 3.8) is 0 Å². The van der Waals surface area contributed by atoms with Gasteiger partial charge >= 0.3 is 0 Å². The Labute approximate surface area is 119 Å². The van der Waals surface area contributed by atoms with Crippen LogP contribution in [0, 0.1) is 0 Å². The molecule has 2 rings (SSSR count). The first kappa shape index (κ1) is 14.1. The highest BCUT2D eigenvalue weighted by molar-refractivity contribution is 5.94. The van der Waals surface area contributed by atoms with Gasteiger partial charge in [-0.1, -0.05) is 6.92 Å². The summed E-state index contributed by atoms with van der Waals surface area (Å²) in [5, 5.41) is 0. The third-order valence-electron chi connectivity index (χ3n) is 3.13. The van der Waals surface area contributed by atoms with Gasteiger partial charge in [0.1, 0.15) is 17.2 Å². The number of benzene rings is 2. The fourth-order valence-electron chi connectivity index (χ4n) is 1.99.